The van der Waals surface area contributed by atoms with Gasteiger partial charge in [-0.25, -0.2) is 19.8 Å². The topological polar surface area (TPSA) is 238 Å². The van der Waals surface area contributed by atoms with Gasteiger partial charge in [0.2, 0.25) is 17.0 Å². The number of carbonyl (C=O) groups excluding carboxylic acids is 1. The molecule has 12 rings (SSSR count). The summed E-state index contributed by atoms with van der Waals surface area (Å²) in [5, 5.41) is 54.2. The van der Waals surface area contributed by atoms with Crippen molar-refractivity contribution in [2.24, 2.45) is 0 Å². The summed E-state index contributed by atoms with van der Waals surface area (Å²) in [5.74, 6) is 1.98. The van der Waals surface area contributed by atoms with Crippen LogP contribution in [0.1, 0.15) is 235 Å². The van der Waals surface area contributed by atoms with E-state index in [-0.39, 0.29) is 41.5 Å². The second-order valence-corrected chi connectivity index (χ2v) is 38.0. The van der Waals surface area contributed by atoms with Crippen molar-refractivity contribution in [2.45, 2.75) is 210 Å². The molecule has 9 aromatic rings. The fourth-order valence-electron chi connectivity index (χ4n) is 15.1. The number of nitriles is 6. The fourth-order valence-corrected chi connectivity index (χ4v) is 17.4. The number of rotatable bonds is 41. The molecule has 0 radical (unpaired) electrons. The summed E-state index contributed by atoms with van der Waals surface area (Å²) in [7, 11) is 0. The van der Waals surface area contributed by atoms with Crippen LogP contribution in [0.5, 0.6) is 17.2 Å². The summed E-state index contributed by atoms with van der Waals surface area (Å²) in [4.78, 5) is 33.8. The lowest BCUT2D eigenvalue weighted by atomic mass is 9.94. The average molecular weight is 1970 g/mol. The molecule has 0 saturated heterocycles. The summed E-state index contributed by atoms with van der Waals surface area (Å²) in [6.07, 6.45) is 28.4. The number of allylic oxidation sites excluding steroid dienone is 4. The predicted molar refractivity (Wildman–Crippen MR) is 575 cm³/mol. The first-order valence-electron chi connectivity index (χ1n) is 47.6. The number of unbranched alkanes of at least 4 members (excludes halogenated alkanes) is 6. The van der Waals surface area contributed by atoms with Crippen molar-refractivity contribution in [1.82, 2.24) is 0 Å². The molecule has 1 atom stereocenters. The number of hydrogen-bond acceptors (Lipinski definition) is 19. The second kappa shape index (κ2) is 56.8. The first-order valence-corrected chi connectivity index (χ1v) is 50.0. The third kappa shape index (κ3) is 31.8. The minimum absolute atomic E-state index is 0. The van der Waals surface area contributed by atoms with E-state index in [1.807, 2.05) is 153 Å². The van der Waals surface area contributed by atoms with Gasteiger partial charge in [-0.2, -0.15) is 39.5 Å². The van der Waals surface area contributed by atoms with Crippen LogP contribution >= 0.6 is 34.0 Å². The Morgan fingerprint density at radius 1 is 0.406 bits per heavy atom. The quantitative estimate of drug-likeness (QED) is 0.0197. The van der Waals surface area contributed by atoms with Crippen LogP contribution in [0.25, 0.3) is 63.1 Å². The zero-order valence-electron chi connectivity index (χ0n) is 82.6. The number of hydrogen-bond donors (Lipinski definition) is 0. The van der Waals surface area contributed by atoms with Gasteiger partial charge in [0.15, 0.2) is 29.0 Å². The maximum atomic E-state index is 14.2. The summed E-state index contributed by atoms with van der Waals surface area (Å²) in [6.45, 7) is 53.1. The van der Waals surface area contributed by atoms with Gasteiger partial charge in [0.05, 0.1) is 36.2 Å². The molecule has 25 heteroatoms. The van der Waals surface area contributed by atoms with Crippen molar-refractivity contribution in [3.63, 3.8) is 0 Å². The Kier molecular flexibility index (Phi) is 44.8. The number of alkyl halides is 3. The van der Waals surface area contributed by atoms with E-state index in [4.69, 9.17) is 63.9 Å². The van der Waals surface area contributed by atoms with Crippen molar-refractivity contribution in [2.75, 3.05) is 54.0 Å². The molecule has 0 spiro atoms. The second-order valence-electron chi connectivity index (χ2n) is 34.6. The minimum Gasteiger partial charge on any atom is -0.505 e. The van der Waals surface area contributed by atoms with Gasteiger partial charge < -0.3 is 43.1 Å². The smallest absolute Gasteiger partial charge is 0.430 e. The van der Waals surface area contributed by atoms with Gasteiger partial charge in [-0.15, -0.1) is 34.0 Å². The van der Waals surface area contributed by atoms with Gasteiger partial charge in [-0.1, -0.05) is 191 Å². The van der Waals surface area contributed by atoms with Gasteiger partial charge in [0, 0.05) is 127 Å². The normalized spacial score (nSPS) is 14.6. The Labute approximate surface area is 855 Å². The zero-order valence-corrected chi connectivity index (χ0v) is 85.1. The van der Waals surface area contributed by atoms with E-state index in [2.05, 4.69) is 168 Å². The number of aldehydes is 1. The molecule has 3 aliphatic heterocycles. The predicted octanol–water partition coefficient (Wildman–Crippen LogP) is 31.6. The molecule has 143 heavy (non-hydrogen) atoms. The number of carbonyl (C=O) groups is 1. The Hall–Kier alpha value is -15.4. The monoisotopic (exact) mass is 1970 g/mol. The van der Waals surface area contributed by atoms with E-state index in [0.717, 1.165) is 190 Å². The first-order chi connectivity index (χ1) is 68.6. The Balaban J connectivity index is 0.000000247. The molecule has 0 fully saturated rings. The number of benzene rings is 6. The highest BCUT2D eigenvalue weighted by molar-refractivity contribution is 7.14. The highest BCUT2D eigenvalue weighted by Crippen LogP contribution is 2.51. The molecule has 0 bridgehead atoms. The van der Waals surface area contributed by atoms with Crippen LogP contribution in [-0.4, -0.2) is 68.5 Å². The average Bonchev–Trinajstić information content (AvgIpc) is 1.58. The van der Waals surface area contributed by atoms with E-state index in [1.165, 1.54) is 84.0 Å². The van der Waals surface area contributed by atoms with Crippen molar-refractivity contribution in [3.8, 4) is 53.7 Å². The van der Waals surface area contributed by atoms with E-state index in [9.17, 15) is 33.8 Å². The van der Waals surface area contributed by atoms with Gasteiger partial charge >= 0.3 is 6.18 Å². The number of thiophene rings is 3. The van der Waals surface area contributed by atoms with Crippen LogP contribution in [0.4, 0.5) is 30.2 Å². The van der Waals surface area contributed by atoms with Gasteiger partial charge in [-0.05, 0) is 224 Å². The maximum Gasteiger partial charge on any atom is 0.430 e. The molecular formula is C118H123F3N12O7S3. The summed E-state index contributed by atoms with van der Waals surface area (Å²) >= 11 is 4.47. The largest absolute Gasteiger partial charge is 0.505 e. The SMILES string of the molecule is C.CC1=C(C#N)C(=C(C#N)C#N)OC1(C)C.CCCCN(CCCC)c1ccc(/C=C/c2ccc(C=O)s2)c(OCc2ccccc2)c1.[C-]#[N+]C1=C(/C=C/c2ccc(/C=C/c3ccc(N(CCCC)CCCC)cc3OCc3ccccc3)s2)C(C)(C(F)(F)F)OC1=C(C#N)C#N.[C-]#[N+]C1=C(/C=C/c2ccc(/C=C/c3ccc(N(CCCC)CCCC)cc3OCc3ccccc3)s2)C(C)(C)O/C1=C(\C#N)[N+]#[C-]. The molecule has 19 nitrogen and oxygen atoms in total. The van der Waals surface area contributed by atoms with Gasteiger partial charge in [-0.3, -0.25) is 4.79 Å². The lowest BCUT2D eigenvalue weighted by Gasteiger charge is -2.29. The van der Waals surface area contributed by atoms with E-state index in [0.29, 0.717) is 30.3 Å². The molecule has 3 aliphatic rings. The number of nitrogens with zero attached hydrogens (tertiary/aromatic N) is 12. The molecule has 0 aliphatic carbocycles. The van der Waals surface area contributed by atoms with Crippen molar-refractivity contribution in [3.05, 3.63) is 359 Å². The van der Waals surface area contributed by atoms with E-state index < -0.39 is 45.6 Å². The van der Waals surface area contributed by atoms with Crippen LogP contribution in [0.15, 0.2) is 262 Å². The lowest BCUT2D eigenvalue weighted by molar-refractivity contribution is -0.236. The Morgan fingerprint density at radius 2 is 0.720 bits per heavy atom. The first kappa shape index (κ1) is 113. The molecule has 6 aromatic carbocycles. The molecule has 6 heterocycles. The highest BCUT2D eigenvalue weighted by atomic mass is 32.1. The number of halogens is 3. The molecular weight excluding hydrogens is 1850 g/mol. The molecule has 736 valence electrons. The summed E-state index contributed by atoms with van der Waals surface area (Å²) in [6, 6.07) is 71.6. The van der Waals surface area contributed by atoms with Gasteiger partial charge in [0.1, 0.15) is 84.4 Å². The van der Waals surface area contributed by atoms with Crippen LogP contribution in [0.2, 0.25) is 0 Å². The van der Waals surface area contributed by atoms with Crippen LogP contribution in [-0.2, 0) is 34.0 Å². The van der Waals surface area contributed by atoms with E-state index >= 15 is 0 Å². The minimum atomic E-state index is -4.91. The van der Waals surface area contributed by atoms with Crippen molar-refractivity contribution in [1.29, 1.82) is 31.6 Å². The number of anilines is 3. The molecule has 3 aromatic heterocycles. The van der Waals surface area contributed by atoms with Crippen LogP contribution in [0, 0.1) is 87.7 Å². The Morgan fingerprint density at radius 3 is 1.02 bits per heavy atom. The standard InChI is InChI=1S/C39H37F3N4O2S.C39H40N4O2S.C28H33NO2S.C11H9N3O.CH4/c1-5-7-22-46(23-8-6-2)31-16-14-29(35(24-31)47-27-28-12-10-9-11-13-28)15-17-32-18-19-33(49-32)20-21-34-36(45-4)37(30(25-43)26-44)48-38(34,3)39(40,41)42;1-7-9-24-43(25-10-8-2)31-18-16-30(36(26-31)44-28-29-14-12-11-13-15-29)17-19-32-20-21-33(46-32)22-23-34-37(42-6)38(35(27-40)41-5)45-39(34,3)4;1-3-5-18-29(19-6-4-2)25-14-12-24(13-15-26-16-17-27(21-30)32-26)28(20-25)31-22-23-10-8-7-9-11-23;1-7-9(6-14)10(8(4-12)5-13)15-11(7,2)3;/h9-21,24H,5-8,22-23,27H2,1-3H3;11-23,26H,7-10,24-25,28H2,1-4H3;7-17,20-21H,3-6,18-19,22H2,1-2H3;1-3H3;1H4/b17-15+,21-20+;19-17+,23-22+,38-35+;15-13+;;. The van der Waals surface area contributed by atoms with Crippen LogP contribution < -0.4 is 28.9 Å². The fraction of sp³-hybridized carbons (Fsp3) is 0.322. The van der Waals surface area contributed by atoms with Crippen molar-refractivity contribution < 1.29 is 46.4 Å². The molecule has 0 amide bonds. The van der Waals surface area contributed by atoms with Crippen molar-refractivity contribution >= 4 is 106 Å². The third-order valence-electron chi connectivity index (χ3n) is 23.5. The Bertz CT molecular complexity index is 6540. The lowest BCUT2D eigenvalue weighted by Crippen LogP contribution is -2.43. The van der Waals surface area contributed by atoms with Gasteiger partial charge in [0.25, 0.3) is 5.70 Å². The third-order valence-corrected chi connectivity index (χ3v) is 26.5. The molecule has 0 saturated carbocycles. The number of ether oxygens (including phenoxy) is 6. The summed E-state index contributed by atoms with van der Waals surface area (Å²) in [5.41, 5.74) is 5.26. The zero-order chi connectivity index (χ0) is 103. The molecule has 1 unspecified atom stereocenters. The highest BCUT2D eigenvalue weighted by Gasteiger charge is 2.60. The molecule has 0 N–H and O–H groups in total. The van der Waals surface area contributed by atoms with Crippen LogP contribution in [0.3, 0.4) is 0 Å². The van der Waals surface area contributed by atoms with E-state index in [1.54, 1.807) is 50.3 Å². The summed E-state index contributed by atoms with van der Waals surface area (Å²) < 4.78 is 78.2. The maximum absolute atomic E-state index is 14.2.